The molecule has 11 heteroatoms. The van der Waals surface area contributed by atoms with Gasteiger partial charge in [-0.2, -0.15) is 0 Å². The number of hydrogen-bond acceptors (Lipinski definition) is 9. The summed E-state index contributed by atoms with van der Waals surface area (Å²) in [4.78, 5) is 22.6. The maximum absolute atomic E-state index is 11.7. The highest BCUT2D eigenvalue weighted by atomic mass is 35.5. The van der Waals surface area contributed by atoms with Gasteiger partial charge < -0.3 is 33.2 Å². The highest BCUT2D eigenvalue weighted by molar-refractivity contribution is 6.30. The predicted molar refractivity (Wildman–Crippen MR) is 159 cm³/mol. The molecule has 0 spiro atoms. The summed E-state index contributed by atoms with van der Waals surface area (Å²) >= 11 is 11.7. The molecular formula is C31H28Cl2O9. The normalized spacial score (nSPS) is 9.98. The van der Waals surface area contributed by atoms with Crippen LogP contribution in [0.3, 0.4) is 0 Å². The van der Waals surface area contributed by atoms with Crippen LogP contribution < -0.4 is 28.4 Å². The van der Waals surface area contributed by atoms with Gasteiger partial charge in [0.15, 0.2) is 23.0 Å². The second kappa shape index (κ2) is 15.4. The Morgan fingerprint density at radius 1 is 0.595 bits per heavy atom. The largest absolute Gasteiger partial charge is 0.493 e. The molecule has 0 N–H and O–H groups in total. The van der Waals surface area contributed by atoms with Crippen LogP contribution >= 0.6 is 23.2 Å². The van der Waals surface area contributed by atoms with Gasteiger partial charge in [0.2, 0.25) is 11.5 Å². The van der Waals surface area contributed by atoms with Crippen molar-refractivity contribution in [3.05, 3.63) is 94.0 Å². The molecule has 0 aliphatic heterocycles. The molecule has 4 aromatic carbocycles. The second-order valence-electron chi connectivity index (χ2n) is 8.19. The van der Waals surface area contributed by atoms with Crippen LogP contribution in [0.2, 0.25) is 10.0 Å². The van der Waals surface area contributed by atoms with Gasteiger partial charge >= 0.3 is 5.97 Å². The van der Waals surface area contributed by atoms with Crippen molar-refractivity contribution >= 4 is 35.5 Å². The number of benzene rings is 4. The summed E-state index contributed by atoms with van der Waals surface area (Å²) < 4.78 is 37.3. The molecule has 0 saturated carbocycles. The quantitative estimate of drug-likeness (QED) is 0.130. The van der Waals surface area contributed by atoms with E-state index in [-0.39, 0.29) is 0 Å². The summed E-state index contributed by atoms with van der Waals surface area (Å²) in [5.41, 5.74) is 0.752. The first-order valence-corrected chi connectivity index (χ1v) is 12.9. The third-order valence-electron chi connectivity index (χ3n) is 5.57. The van der Waals surface area contributed by atoms with Crippen molar-refractivity contribution < 1.29 is 42.7 Å². The third-order valence-corrected chi connectivity index (χ3v) is 6.07. The van der Waals surface area contributed by atoms with Crippen LogP contribution in [0.5, 0.6) is 46.0 Å². The van der Waals surface area contributed by atoms with E-state index in [4.69, 9.17) is 56.4 Å². The third kappa shape index (κ3) is 8.22. The van der Waals surface area contributed by atoms with Gasteiger partial charge in [-0.1, -0.05) is 23.2 Å². The highest BCUT2D eigenvalue weighted by Crippen LogP contribution is 2.42. The van der Waals surface area contributed by atoms with Crippen molar-refractivity contribution in [3.63, 3.8) is 0 Å². The van der Waals surface area contributed by atoms with Gasteiger partial charge in [0.05, 0.1) is 41.1 Å². The SMILES string of the molecule is COC(=O)c1cc(OC)c(Oc2ccc(Cl)cc2)c(OC)c1.COc1cc(C=O)cc(OC)c1Oc1ccc(Cl)cc1. The van der Waals surface area contributed by atoms with E-state index in [9.17, 15) is 9.59 Å². The number of ether oxygens (including phenoxy) is 7. The first kappa shape index (κ1) is 31.9. The van der Waals surface area contributed by atoms with Gasteiger partial charge in [0.1, 0.15) is 17.8 Å². The molecule has 42 heavy (non-hydrogen) atoms. The minimum atomic E-state index is -0.491. The number of methoxy groups -OCH3 is 5. The maximum atomic E-state index is 11.7. The minimum absolute atomic E-state index is 0.305. The van der Waals surface area contributed by atoms with E-state index in [1.165, 1.54) is 47.7 Å². The molecule has 0 saturated heterocycles. The summed E-state index contributed by atoms with van der Waals surface area (Å²) in [5, 5.41) is 1.22. The zero-order valence-electron chi connectivity index (χ0n) is 23.4. The van der Waals surface area contributed by atoms with E-state index >= 15 is 0 Å². The number of carbonyl (C=O) groups excluding carboxylic acids is 2. The number of aldehydes is 1. The number of carbonyl (C=O) groups is 2. The van der Waals surface area contributed by atoms with Crippen LogP contribution in [0.25, 0.3) is 0 Å². The van der Waals surface area contributed by atoms with Crippen molar-refractivity contribution in [2.24, 2.45) is 0 Å². The van der Waals surface area contributed by atoms with Crippen LogP contribution in [-0.4, -0.2) is 47.8 Å². The van der Waals surface area contributed by atoms with Gasteiger partial charge in [0, 0.05) is 15.6 Å². The molecule has 0 aliphatic carbocycles. The molecule has 0 fully saturated rings. The van der Waals surface area contributed by atoms with Crippen LogP contribution in [-0.2, 0) is 4.74 Å². The molecule has 0 amide bonds. The molecule has 0 heterocycles. The molecule has 220 valence electrons. The summed E-state index contributed by atoms with van der Waals surface area (Å²) in [6.45, 7) is 0. The van der Waals surface area contributed by atoms with Crippen LogP contribution in [0.4, 0.5) is 0 Å². The zero-order chi connectivity index (χ0) is 30.6. The lowest BCUT2D eigenvalue weighted by molar-refractivity contribution is 0.0599. The smallest absolute Gasteiger partial charge is 0.338 e. The van der Waals surface area contributed by atoms with E-state index in [1.807, 2.05) is 0 Å². The van der Waals surface area contributed by atoms with Gasteiger partial charge in [-0.3, -0.25) is 4.79 Å². The minimum Gasteiger partial charge on any atom is -0.493 e. The van der Waals surface area contributed by atoms with E-state index in [2.05, 4.69) is 0 Å². The Bertz CT molecular complexity index is 1450. The molecule has 0 unspecified atom stereocenters. The lowest BCUT2D eigenvalue weighted by Gasteiger charge is -2.15. The predicted octanol–water partition coefficient (Wildman–Crippen LogP) is 7.90. The van der Waals surface area contributed by atoms with Crippen LogP contribution in [0, 0.1) is 0 Å². The topological polar surface area (TPSA) is 98.8 Å². The number of rotatable bonds is 10. The fourth-order valence-corrected chi connectivity index (χ4v) is 3.78. The second-order valence-corrected chi connectivity index (χ2v) is 9.06. The van der Waals surface area contributed by atoms with Crippen LogP contribution in [0.1, 0.15) is 20.7 Å². The van der Waals surface area contributed by atoms with E-state index in [0.717, 1.165) is 6.29 Å². The Morgan fingerprint density at radius 2 is 0.952 bits per heavy atom. The average molecular weight is 615 g/mol. The van der Waals surface area contributed by atoms with E-state index < -0.39 is 5.97 Å². The Morgan fingerprint density at radius 3 is 1.26 bits per heavy atom. The van der Waals surface area contributed by atoms with Crippen LogP contribution in [0.15, 0.2) is 72.8 Å². The molecule has 0 atom stereocenters. The Kier molecular flexibility index (Phi) is 11.7. The van der Waals surface area contributed by atoms with Gasteiger partial charge in [-0.15, -0.1) is 0 Å². The molecular weight excluding hydrogens is 587 g/mol. The maximum Gasteiger partial charge on any atom is 0.338 e. The van der Waals surface area contributed by atoms with Gasteiger partial charge in [-0.25, -0.2) is 4.79 Å². The van der Waals surface area contributed by atoms with Crippen molar-refractivity contribution in [2.75, 3.05) is 35.5 Å². The molecule has 4 aromatic rings. The molecule has 0 aromatic heterocycles. The Labute approximate surface area is 253 Å². The summed E-state index contributed by atoms with van der Waals surface area (Å²) in [6.07, 6.45) is 0.719. The number of hydrogen-bond donors (Lipinski definition) is 0. The number of halogens is 2. The molecule has 4 rings (SSSR count). The summed E-state index contributed by atoms with van der Waals surface area (Å²) in [7, 11) is 7.25. The molecule has 0 aliphatic rings. The van der Waals surface area contributed by atoms with E-state index in [0.29, 0.717) is 67.2 Å². The summed E-state index contributed by atoms with van der Waals surface area (Å²) in [5.74, 6) is 2.97. The van der Waals surface area contributed by atoms with Crippen molar-refractivity contribution in [2.45, 2.75) is 0 Å². The van der Waals surface area contributed by atoms with Crippen molar-refractivity contribution in [1.29, 1.82) is 0 Å². The zero-order valence-corrected chi connectivity index (χ0v) is 24.9. The Hall–Kier alpha value is -4.60. The van der Waals surface area contributed by atoms with Crippen molar-refractivity contribution in [1.82, 2.24) is 0 Å². The molecule has 9 nitrogen and oxygen atoms in total. The first-order chi connectivity index (χ1) is 20.3. The standard InChI is InChI=1S/C16H15ClO5.C15H13ClO4/c1-19-13-8-10(16(18)21-3)9-14(20-2)15(13)22-12-6-4-11(17)5-7-12;1-18-13-7-10(9-17)8-14(19-2)15(13)20-12-5-3-11(16)4-6-12/h4-9H,1-3H3;3-9H,1-2H3. The highest BCUT2D eigenvalue weighted by Gasteiger charge is 2.19. The summed E-state index contributed by atoms with van der Waals surface area (Å²) in [6, 6.07) is 20.0. The van der Waals surface area contributed by atoms with Gasteiger partial charge in [-0.05, 0) is 72.8 Å². The lowest BCUT2D eigenvalue weighted by atomic mass is 10.2. The number of esters is 1. The molecule has 0 radical (unpaired) electrons. The Balaban J connectivity index is 0.000000231. The van der Waals surface area contributed by atoms with Crippen molar-refractivity contribution in [3.8, 4) is 46.0 Å². The lowest BCUT2D eigenvalue weighted by Crippen LogP contribution is -2.03. The molecule has 0 bridgehead atoms. The first-order valence-electron chi connectivity index (χ1n) is 12.2. The van der Waals surface area contributed by atoms with E-state index in [1.54, 1.807) is 60.7 Å². The average Bonchev–Trinajstić information content (AvgIpc) is 3.02. The van der Waals surface area contributed by atoms with Gasteiger partial charge in [0.25, 0.3) is 0 Å². The monoisotopic (exact) mass is 614 g/mol. The fraction of sp³-hybridized carbons (Fsp3) is 0.161. The fourth-order valence-electron chi connectivity index (χ4n) is 3.53.